The van der Waals surface area contributed by atoms with Crippen LogP contribution in [0.3, 0.4) is 0 Å². The molecule has 0 aromatic carbocycles. The Kier molecular flexibility index (Phi) is 6.08. The van der Waals surface area contributed by atoms with Gasteiger partial charge in [0, 0.05) is 12.6 Å². The quantitative estimate of drug-likeness (QED) is 0.304. The minimum Gasteiger partial charge on any atom is -0.368 e. The van der Waals surface area contributed by atoms with E-state index in [-0.39, 0.29) is 0 Å². The highest BCUT2D eigenvalue weighted by Crippen LogP contribution is 2.10. The Balaban J connectivity index is 4.52. The highest BCUT2D eigenvalue weighted by atomic mass is 15.3. The molecule has 0 rings (SSSR count). The van der Waals surface area contributed by atoms with E-state index < -0.39 is 0 Å². The number of guanidine groups is 1. The van der Waals surface area contributed by atoms with E-state index in [4.69, 9.17) is 11.6 Å². The molecule has 0 spiro atoms. The smallest absolute Gasteiger partial charge is 0.213 e. The Hall–Kier alpha value is -0.930. The van der Waals surface area contributed by atoms with Crippen LogP contribution in [0.5, 0.6) is 0 Å². The van der Waals surface area contributed by atoms with Crippen molar-refractivity contribution < 1.29 is 0 Å². The Morgan fingerprint density at radius 2 is 1.79 bits per heavy atom. The summed E-state index contributed by atoms with van der Waals surface area (Å²) < 4.78 is 0. The van der Waals surface area contributed by atoms with E-state index in [9.17, 15) is 0 Å². The molecular formula is C10H24N4. The van der Waals surface area contributed by atoms with Gasteiger partial charge < -0.3 is 16.5 Å². The van der Waals surface area contributed by atoms with Gasteiger partial charge in [0.15, 0.2) is 0 Å². The van der Waals surface area contributed by atoms with Crippen molar-refractivity contribution in [1.82, 2.24) is 4.90 Å². The van der Waals surface area contributed by atoms with Crippen LogP contribution in [0, 0.1) is 5.92 Å². The van der Waals surface area contributed by atoms with Gasteiger partial charge in [0.25, 0.3) is 0 Å². The maximum Gasteiger partial charge on any atom is 0.213 e. The molecule has 4 N–H and O–H groups in total. The molecule has 84 valence electrons. The lowest BCUT2D eigenvalue weighted by Crippen LogP contribution is -2.46. The molecule has 0 amide bonds. The zero-order valence-electron chi connectivity index (χ0n) is 9.83. The van der Waals surface area contributed by atoms with Crippen LogP contribution in [0.1, 0.15) is 40.5 Å². The van der Waals surface area contributed by atoms with Crippen LogP contribution >= 0.6 is 0 Å². The molecular weight excluding hydrogens is 176 g/mol. The van der Waals surface area contributed by atoms with Crippen molar-refractivity contribution in [3.05, 3.63) is 0 Å². The molecule has 0 aliphatic carbocycles. The van der Waals surface area contributed by atoms with E-state index >= 15 is 0 Å². The molecule has 4 heteroatoms. The third-order valence-corrected chi connectivity index (χ3v) is 2.37. The lowest BCUT2D eigenvalue weighted by molar-refractivity contribution is 0.263. The van der Waals surface area contributed by atoms with Gasteiger partial charge in [-0.1, -0.05) is 27.7 Å². The summed E-state index contributed by atoms with van der Waals surface area (Å²) in [4.78, 5) is 2.10. The highest BCUT2D eigenvalue weighted by molar-refractivity contribution is 5.78. The lowest BCUT2D eigenvalue weighted by Gasteiger charge is -2.32. The van der Waals surface area contributed by atoms with E-state index in [1.807, 2.05) is 0 Å². The van der Waals surface area contributed by atoms with Crippen LogP contribution in [-0.4, -0.2) is 23.4 Å². The fraction of sp³-hybridized carbons (Fsp3) is 0.900. The summed E-state index contributed by atoms with van der Waals surface area (Å²) in [5.41, 5.74) is 5.77. The molecule has 0 fully saturated rings. The Morgan fingerprint density at radius 1 is 1.29 bits per heavy atom. The van der Waals surface area contributed by atoms with Crippen molar-refractivity contribution in [3.63, 3.8) is 0 Å². The minimum absolute atomic E-state index is 0.449. The fourth-order valence-corrected chi connectivity index (χ4v) is 1.63. The summed E-state index contributed by atoms with van der Waals surface area (Å²) in [7, 11) is 0. The summed E-state index contributed by atoms with van der Waals surface area (Å²) in [6, 6.07) is 0.449. The van der Waals surface area contributed by atoms with Crippen LogP contribution in [-0.2, 0) is 0 Å². The van der Waals surface area contributed by atoms with Crippen molar-refractivity contribution in [3.8, 4) is 0 Å². The summed E-state index contributed by atoms with van der Waals surface area (Å²) in [6.45, 7) is 9.56. The van der Waals surface area contributed by atoms with Crippen molar-refractivity contribution >= 4 is 5.96 Å². The molecule has 0 bridgehead atoms. The number of hydrogen-bond donors (Lipinski definition) is 2. The van der Waals surface area contributed by atoms with Gasteiger partial charge in [-0.15, -0.1) is 5.10 Å². The van der Waals surface area contributed by atoms with E-state index in [0.29, 0.717) is 17.9 Å². The van der Waals surface area contributed by atoms with E-state index in [0.717, 1.165) is 19.4 Å². The van der Waals surface area contributed by atoms with Crippen LogP contribution < -0.4 is 11.6 Å². The largest absolute Gasteiger partial charge is 0.368 e. The summed E-state index contributed by atoms with van der Waals surface area (Å²) >= 11 is 0. The molecule has 0 unspecified atom stereocenters. The first-order valence-electron chi connectivity index (χ1n) is 5.36. The third kappa shape index (κ3) is 3.85. The monoisotopic (exact) mass is 200 g/mol. The second-order valence-electron chi connectivity index (χ2n) is 4.00. The first kappa shape index (κ1) is 13.1. The molecule has 0 aromatic rings. The first-order valence-corrected chi connectivity index (χ1v) is 5.36. The highest BCUT2D eigenvalue weighted by Gasteiger charge is 2.17. The maximum absolute atomic E-state index is 5.77. The van der Waals surface area contributed by atoms with Crippen molar-refractivity contribution in [2.45, 2.75) is 46.6 Å². The Labute approximate surface area is 87.3 Å². The van der Waals surface area contributed by atoms with Crippen LogP contribution in [0.4, 0.5) is 0 Å². The van der Waals surface area contributed by atoms with Gasteiger partial charge in [0.2, 0.25) is 5.96 Å². The Bertz CT molecular complexity index is 173. The molecule has 4 nitrogen and oxygen atoms in total. The van der Waals surface area contributed by atoms with Crippen molar-refractivity contribution in [2.24, 2.45) is 22.6 Å². The van der Waals surface area contributed by atoms with Crippen LogP contribution in [0.15, 0.2) is 5.10 Å². The molecule has 0 saturated carbocycles. The van der Waals surface area contributed by atoms with Gasteiger partial charge in [-0.05, 0) is 18.8 Å². The number of nitrogens with zero attached hydrogens (tertiary/aromatic N) is 2. The van der Waals surface area contributed by atoms with Gasteiger partial charge in [-0.25, -0.2) is 0 Å². The lowest BCUT2D eigenvalue weighted by atomic mass is 10.1. The summed E-state index contributed by atoms with van der Waals surface area (Å²) in [6.07, 6.45) is 2.14. The van der Waals surface area contributed by atoms with E-state index in [1.54, 1.807) is 0 Å². The number of rotatable bonds is 5. The summed E-state index contributed by atoms with van der Waals surface area (Å²) in [5.74, 6) is 6.23. The second kappa shape index (κ2) is 6.51. The number of nitrogens with two attached hydrogens (primary N) is 2. The van der Waals surface area contributed by atoms with E-state index in [1.165, 1.54) is 0 Å². The van der Waals surface area contributed by atoms with E-state index in [2.05, 4.69) is 37.7 Å². The fourth-order valence-electron chi connectivity index (χ4n) is 1.63. The van der Waals surface area contributed by atoms with Gasteiger partial charge in [-0.2, -0.15) is 0 Å². The average molecular weight is 200 g/mol. The molecule has 0 aromatic heterocycles. The SMILES string of the molecule is CCC(CC)N(CC(C)C)C(N)=NN. The normalized spacial score (nSPS) is 12.6. The first-order chi connectivity index (χ1) is 6.56. The second-order valence-corrected chi connectivity index (χ2v) is 4.00. The third-order valence-electron chi connectivity index (χ3n) is 2.37. The summed E-state index contributed by atoms with van der Waals surface area (Å²) in [5, 5.41) is 3.58. The van der Waals surface area contributed by atoms with Gasteiger partial charge >= 0.3 is 0 Å². The van der Waals surface area contributed by atoms with Gasteiger partial charge in [-0.3, -0.25) is 0 Å². The van der Waals surface area contributed by atoms with Crippen molar-refractivity contribution in [2.75, 3.05) is 6.54 Å². The predicted molar refractivity (Wildman–Crippen MR) is 61.7 cm³/mol. The minimum atomic E-state index is 0.449. The van der Waals surface area contributed by atoms with Crippen molar-refractivity contribution in [1.29, 1.82) is 0 Å². The zero-order chi connectivity index (χ0) is 11.1. The standard InChI is InChI=1S/C10H24N4/c1-5-9(6-2)14(7-8(3)4)10(11)13-12/h8-9H,5-7,12H2,1-4H3,(H2,11,13). The topological polar surface area (TPSA) is 67.6 Å². The molecule has 0 aliphatic rings. The predicted octanol–water partition coefficient (Wildman–Crippen LogP) is 1.32. The number of hydrogen-bond acceptors (Lipinski definition) is 2. The maximum atomic E-state index is 5.77. The van der Waals surface area contributed by atoms with Crippen LogP contribution in [0.2, 0.25) is 0 Å². The molecule has 0 heterocycles. The molecule has 0 aliphatic heterocycles. The number of hydrazone groups is 1. The van der Waals surface area contributed by atoms with Crippen LogP contribution in [0.25, 0.3) is 0 Å². The molecule has 0 atom stereocenters. The molecule has 0 radical (unpaired) electrons. The van der Waals surface area contributed by atoms with Gasteiger partial charge in [0.05, 0.1) is 0 Å². The zero-order valence-corrected chi connectivity index (χ0v) is 9.83. The van der Waals surface area contributed by atoms with Gasteiger partial charge in [0.1, 0.15) is 0 Å². The Morgan fingerprint density at radius 3 is 2.07 bits per heavy atom. The molecule has 14 heavy (non-hydrogen) atoms. The average Bonchev–Trinajstić information content (AvgIpc) is 2.16. The molecule has 0 saturated heterocycles.